The van der Waals surface area contributed by atoms with Crippen molar-refractivity contribution < 1.29 is 9.31 Å². The largest absolute Gasteiger partial charge is 0.494 e. The third-order valence-corrected chi connectivity index (χ3v) is 7.86. The molecule has 1 saturated heterocycles. The summed E-state index contributed by atoms with van der Waals surface area (Å²) in [7, 11) is -0.295. The van der Waals surface area contributed by atoms with Crippen LogP contribution in [0.4, 0.5) is 0 Å². The summed E-state index contributed by atoms with van der Waals surface area (Å²) < 4.78 is 15.7. The maximum Gasteiger partial charge on any atom is 0.494 e. The second-order valence-electron chi connectivity index (χ2n) is 8.39. The molecule has 4 nitrogen and oxygen atoms in total. The van der Waals surface area contributed by atoms with E-state index in [-0.39, 0.29) is 18.3 Å². The Bertz CT molecular complexity index is 1200. The van der Waals surface area contributed by atoms with E-state index in [4.69, 9.17) is 9.31 Å². The molecule has 2 aromatic carbocycles. The van der Waals surface area contributed by atoms with Gasteiger partial charge in [0.2, 0.25) is 0 Å². The summed E-state index contributed by atoms with van der Waals surface area (Å²) in [6.45, 7) is 12.3. The Morgan fingerprint density at radius 2 is 1.30 bits per heavy atom. The van der Waals surface area contributed by atoms with Crippen LogP contribution in [0.25, 0.3) is 20.4 Å². The summed E-state index contributed by atoms with van der Waals surface area (Å²) in [5, 5.41) is 2.21. The molecule has 0 unspecified atom stereocenters. The van der Waals surface area contributed by atoms with E-state index in [0.29, 0.717) is 0 Å². The van der Waals surface area contributed by atoms with Crippen molar-refractivity contribution >= 4 is 71.6 Å². The Morgan fingerprint density at radius 3 is 1.87 bits per heavy atom. The molecule has 1 fully saturated rings. The monoisotopic (exact) mass is 502 g/mol. The molecule has 5 rings (SSSR count). The van der Waals surface area contributed by atoms with Gasteiger partial charge in [-0.1, -0.05) is 22.0 Å². The maximum absolute atomic E-state index is 6.07. The normalized spacial score (nSPS) is 17.4. The molecule has 2 aromatic heterocycles. The molecule has 0 spiro atoms. The van der Waals surface area contributed by atoms with E-state index < -0.39 is 0 Å². The molecule has 8 heteroatoms. The van der Waals surface area contributed by atoms with Crippen molar-refractivity contribution in [1.82, 2.24) is 9.97 Å². The Labute approximate surface area is 193 Å². The van der Waals surface area contributed by atoms with Crippen LogP contribution in [0.1, 0.15) is 37.7 Å². The summed E-state index contributed by atoms with van der Waals surface area (Å²) >= 11 is 6.85. The van der Waals surface area contributed by atoms with Crippen LogP contribution in [0.5, 0.6) is 0 Å². The highest BCUT2D eigenvalue weighted by atomic mass is 79.9. The third-order valence-electron chi connectivity index (χ3n) is 5.50. The number of halogens is 1. The zero-order valence-electron chi connectivity index (χ0n) is 17.9. The number of aromatic nitrogens is 2. The lowest BCUT2D eigenvalue weighted by molar-refractivity contribution is 0.00578. The molecule has 0 radical (unpaired) electrons. The van der Waals surface area contributed by atoms with Gasteiger partial charge in [-0.2, -0.15) is 0 Å². The summed E-state index contributed by atoms with van der Waals surface area (Å²) in [6, 6.07) is 12.4. The smallest absolute Gasteiger partial charge is 0.399 e. The number of aryl methyl sites for hydroxylation is 2. The standard InChI is InChI=1S/C14H18BNO2S.C8H6BrNS/c1-9-16-11-7-6-10(8-12(11)19-9)15-17-13(2,3)14(4,5)18-15;1-5-10-7-3-2-6(9)4-8(7)11-5/h6-8H,1-5H3;2-4H,1H3. The van der Waals surface area contributed by atoms with Crippen LogP contribution in [-0.2, 0) is 9.31 Å². The minimum absolute atomic E-state index is 0.295. The highest BCUT2D eigenvalue weighted by molar-refractivity contribution is 9.10. The number of nitrogens with zero attached hydrogens (tertiary/aromatic N) is 2. The molecule has 0 atom stereocenters. The molecule has 0 bridgehead atoms. The second kappa shape index (κ2) is 7.99. The van der Waals surface area contributed by atoms with Crippen LogP contribution in [0.2, 0.25) is 0 Å². The van der Waals surface area contributed by atoms with Crippen molar-refractivity contribution in [2.45, 2.75) is 52.7 Å². The highest BCUT2D eigenvalue weighted by Gasteiger charge is 2.51. The Balaban J connectivity index is 0.000000168. The number of fused-ring (bicyclic) bond motifs is 2. The first-order valence-electron chi connectivity index (χ1n) is 9.79. The number of rotatable bonds is 1. The summed E-state index contributed by atoms with van der Waals surface area (Å²) in [6.07, 6.45) is 0. The number of benzene rings is 2. The van der Waals surface area contributed by atoms with E-state index in [2.05, 4.69) is 65.7 Å². The SMILES string of the molecule is Cc1nc2ccc(B3OC(C)(C)C(C)(C)O3)cc2s1.Cc1nc2ccc(Br)cc2s1. The van der Waals surface area contributed by atoms with E-state index in [1.165, 1.54) is 9.40 Å². The van der Waals surface area contributed by atoms with Crippen molar-refractivity contribution in [3.05, 3.63) is 50.9 Å². The lowest BCUT2D eigenvalue weighted by Gasteiger charge is -2.32. The van der Waals surface area contributed by atoms with E-state index in [1.807, 2.05) is 38.1 Å². The van der Waals surface area contributed by atoms with Gasteiger partial charge in [0, 0.05) is 4.47 Å². The summed E-state index contributed by atoms with van der Waals surface area (Å²) in [5.74, 6) is 0. The van der Waals surface area contributed by atoms with E-state index in [9.17, 15) is 0 Å². The topological polar surface area (TPSA) is 44.2 Å². The van der Waals surface area contributed by atoms with Crippen LogP contribution in [-0.4, -0.2) is 28.3 Å². The molecule has 0 N–H and O–H groups in total. The van der Waals surface area contributed by atoms with Gasteiger partial charge in [-0.15, -0.1) is 22.7 Å². The fourth-order valence-corrected chi connectivity index (χ4v) is 5.45. The second-order valence-corrected chi connectivity index (χ2v) is 11.8. The van der Waals surface area contributed by atoms with Crippen LogP contribution in [0, 0.1) is 13.8 Å². The van der Waals surface area contributed by atoms with E-state index in [0.717, 1.165) is 31.0 Å². The molecule has 3 heterocycles. The van der Waals surface area contributed by atoms with Gasteiger partial charge < -0.3 is 9.31 Å². The van der Waals surface area contributed by atoms with Crippen LogP contribution in [0.3, 0.4) is 0 Å². The van der Waals surface area contributed by atoms with Crippen molar-refractivity contribution in [2.24, 2.45) is 0 Å². The number of thiazole rings is 2. The average molecular weight is 503 g/mol. The molecule has 1 aliphatic rings. The van der Waals surface area contributed by atoms with Crippen LogP contribution in [0.15, 0.2) is 40.9 Å². The van der Waals surface area contributed by atoms with Crippen molar-refractivity contribution in [2.75, 3.05) is 0 Å². The van der Waals surface area contributed by atoms with Crippen LogP contribution >= 0.6 is 38.6 Å². The Morgan fingerprint density at radius 1 is 0.800 bits per heavy atom. The van der Waals surface area contributed by atoms with Gasteiger partial charge in [-0.3, -0.25) is 0 Å². The minimum Gasteiger partial charge on any atom is -0.399 e. The number of hydrogen-bond acceptors (Lipinski definition) is 6. The van der Waals surface area contributed by atoms with Gasteiger partial charge in [0.1, 0.15) is 0 Å². The third kappa shape index (κ3) is 4.34. The van der Waals surface area contributed by atoms with E-state index in [1.54, 1.807) is 22.7 Å². The molecule has 1 aliphatic heterocycles. The lowest BCUT2D eigenvalue weighted by atomic mass is 9.79. The molecular weight excluding hydrogens is 479 g/mol. The van der Waals surface area contributed by atoms with Gasteiger partial charge in [-0.25, -0.2) is 9.97 Å². The van der Waals surface area contributed by atoms with Crippen LogP contribution < -0.4 is 5.46 Å². The molecule has 156 valence electrons. The first-order chi connectivity index (χ1) is 14.0. The molecule has 0 aliphatic carbocycles. The Kier molecular flexibility index (Phi) is 5.83. The minimum atomic E-state index is -0.295. The van der Waals surface area contributed by atoms with Crippen molar-refractivity contribution in [1.29, 1.82) is 0 Å². The predicted octanol–water partition coefficient (Wildman–Crippen LogP) is 6.27. The quantitative estimate of drug-likeness (QED) is 0.287. The predicted molar refractivity (Wildman–Crippen MR) is 132 cm³/mol. The van der Waals surface area contributed by atoms with Crippen molar-refractivity contribution in [3.8, 4) is 0 Å². The maximum atomic E-state index is 6.07. The van der Waals surface area contributed by atoms with Gasteiger partial charge in [0.05, 0.1) is 41.7 Å². The fourth-order valence-electron chi connectivity index (χ4n) is 3.20. The molecule has 4 aromatic rings. The van der Waals surface area contributed by atoms with Gasteiger partial charge in [-0.05, 0) is 77.3 Å². The zero-order valence-corrected chi connectivity index (χ0v) is 21.2. The number of hydrogen-bond donors (Lipinski definition) is 0. The van der Waals surface area contributed by atoms with E-state index >= 15 is 0 Å². The van der Waals surface area contributed by atoms with Crippen molar-refractivity contribution in [3.63, 3.8) is 0 Å². The average Bonchev–Trinajstić information content (AvgIpc) is 3.26. The molecule has 30 heavy (non-hydrogen) atoms. The molecular formula is C22H24BBrN2O2S2. The molecule has 0 saturated carbocycles. The van der Waals surface area contributed by atoms with Gasteiger partial charge >= 0.3 is 7.12 Å². The van der Waals surface area contributed by atoms with Gasteiger partial charge in [0.25, 0.3) is 0 Å². The lowest BCUT2D eigenvalue weighted by Crippen LogP contribution is -2.41. The first kappa shape index (κ1) is 21.9. The molecule has 0 amide bonds. The zero-order chi connectivity index (χ0) is 21.7. The fraction of sp³-hybridized carbons (Fsp3) is 0.364. The Hall–Kier alpha value is -1.32. The first-order valence-corrected chi connectivity index (χ1v) is 12.2. The summed E-state index contributed by atoms with van der Waals surface area (Å²) in [4.78, 5) is 8.83. The summed E-state index contributed by atoms with van der Waals surface area (Å²) in [5.41, 5.74) is 2.61. The highest BCUT2D eigenvalue weighted by Crippen LogP contribution is 2.36. The van der Waals surface area contributed by atoms with Gasteiger partial charge in [0.15, 0.2) is 0 Å².